The Labute approximate surface area is 119 Å². The van der Waals surface area contributed by atoms with Gasteiger partial charge in [-0.1, -0.05) is 6.07 Å². The number of fused-ring (bicyclic) bond motifs is 1. The summed E-state index contributed by atoms with van der Waals surface area (Å²) < 4.78 is 14.9. The standard InChI is InChI=1S/C14H12FN5O/c15-9-4-5-11(16)10(7-9)14(21)17-8-13-19-18-12-3-1-2-6-20(12)13/h1-7H,8,16H2,(H,17,21). The minimum Gasteiger partial charge on any atom is -0.398 e. The number of rotatable bonds is 3. The molecule has 2 heterocycles. The van der Waals surface area contributed by atoms with Gasteiger partial charge in [0.05, 0.1) is 12.1 Å². The average molecular weight is 285 g/mol. The van der Waals surface area contributed by atoms with Gasteiger partial charge in [0.15, 0.2) is 11.5 Å². The molecule has 21 heavy (non-hydrogen) atoms. The van der Waals surface area contributed by atoms with Crippen LogP contribution in [0, 0.1) is 5.82 Å². The molecule has 6 nitrogen and oxygen atoms in total. The molecule has 7 heteroatoms. The van der Waals surface area contributed by atoms with E-state index in [0.29, 0.717) is 11.5 Å². The number of nitrogens with one attached hydrogen (secondary N) is 1. The molecule has 0 saturated carbocycles. The largest absolute Gasteiger partial charge is 0.398 e. The Kier molecular flexibility index (Phi) is 3.23. The minimum absolute atomic E-state index is 0.101. The zero-order valence-electron chi connectivity index (χ0n) is 11.0. The molecule has 0 aliphatic carbocycles. The van der Waals surface area contributed by atoms with Gasteiger partial charge in [-0.3, -0.25) is 9.20 Å². The lowest BCUT2D eigenvalue weighted by molar-refractivity contribution is 0.0950. The molecule has 106 valence electrons. The summed E-state index contributed by atoms with van der Waals surface area (Å²) in [5.74, 6) is -0.393. The third-order valence-corrected chi connectivity index (χ3v) is 3.05. The van der Waals surface area contributed by atoms with Crippen LogP contribution in [-0.2, 0) is 6.54 Å². The van der Waals surface area contributed by atoms with Crippen LogP contribution >= 0.6 is 0 Å². The van der Waals surface area contributed by atoms with Crippen molar-refractivity contribution < 1.29 is 9.18 Å². The van der Waals surface area contributed by atoms with E-state index in [2.05, 4.69) is 15.5 Å². The number of benzene rings is 1. The number of pyridine rings is 1. The summed E-state index contributed by atoms with van der Waals surface area (Å²) in [5, 5.41) is 10.6. The molecule has 0 aliphatic heterocycles. The van der Waals surface area contributed by atoms with Crippen molar-refractivity contribution >= 4 is 17.2 Å². The van der Waals surface area contributed by atoms with E-state index in [4.69, 9.17) is 5.73 Å². The van der Waals surface area contributed by atoms with Crippen LogP contribution in [0.2, 0.25) is 0 Å². The van der Waals surface area contributed by atoms with Gasteiger partial charge in [-0.05, 0) is 30.3 Å². The highest BCUT2D eigenvalue weighted by Crippen LogP contribution is 2.13. The fraction of sp³-hybridized carbons (Fsp3) is 0.0714. The van der Waals surface area contributed by atoms with E-state index in [1.807, 2.05) is 18.2 Å². The Hall–Kier alpha value is -2.96. The van der Waals surface area contributed by atoms with Crippen molar-refractivity contribution in [1.82, 2.24) is 19.9 Å². The van der Waals surface area contributed by atoms with E-state index in [0.717, 1.165) is 6.07 Å². The molecule has 2 aromatic heterocycles. The first-order chi connectivity index (χ1) is 10.1. The zero-order valence-corrected chi connectivity index (χ0v) is 11.0. The number of carbonyl (C=O) groups excluding carboxylic acids is 1. The Morgan fingerprint density at radius 2 is 2.14 bits per heavy atom. The lowest BCUT2D eigenvalue weighted by Gasteiger charge is -2.07. The maximum Gasteiger partial charge on any atom is 0.253 e. The zero-order chi connectivity index (χ0) is 14.8. The molecule has 0 saturated heterocycles. The first-order valence-electron chi connectivity index (χ1n) is 6.27. The monoisotopic (exact) mass is 285 g/mol. The van der Waals surface area contributed by atoms with Crippen LogP contribution in [0.5, 0.6) is 0 Å². The van der Waals surface area contributed by atoms with Crippen molar-refractivity contribution in [2.45, 2.75) is 6.54 Å². The summed E-state index contributed by atoms with van der Waals surface area (Å²) >= 11 is 0. The van der Waals surface area contributed by atoms with Gasteiger partial charge in [-0.25, -0.2) is 4.39 Å². The number of halogens is 1. The van der Waals surface area contributed by atoms with E-state index in [9.17, 15) is 9.18 Å². The third kappa shape index (κ3) is 2.53. The molecular formula is C14H12FN5O. The van der Waals surface area contributed by atoms with E-state index in [1.54, 1.807) is 10.6 Å². The van der Waals surface area contributed by atoms with Crippen molar-refractivity contribution in [1.29, 1.82) is 0 Å². The van der Waals surface area contributed by atoms with Gasteiger partial charge in [-0.2, -0.15) is 0 Å². The Bertz CT molecular complexity index is 814. The third-order valence-electron chi connectivity index (χ3n) is 3.05. The lowest BCUT2D eigenvalue weighted by atomic mass is 10.1. The molecular weight excluding hydrogens is 273 g/mol. The van der Waals surface area contributed by atoms with Crippen LogP contribution < -0.4 is 11.1 Å². The molecule has 0 aliphatic rings. The predicted octanol–water partition coefficient (Wildman–Crippen LogP) is 1.38. The maximum atomic E-state index is 13.2. The van der Waals surface area contributed by atoms with E-state index in [-0.39, 0.29) is 17.8 Å². The molecule has 3 rings (SSSR count). The normalized spacial score (nSPS) is 10.7. The smallest absolute Gasteiger partial charge is 0.253 e. The summed E-state index contributed by atoms with van der Waals surface area (Å²) in [7, 11) is 0. The van der Waals surface area contributed by atoms with Gasteiger partial charge in [0.1, 0.15) is 5.82 Å². The quantitative estimate of drug-likeness (QED) is 0.712. The molecule has 0 bridgehead atoms. The first-order valence-corrected chi connectivity index (χ1v) is 6.27. The molecule has 0 atom stereocenters. The highest BCUT2D eigenvalue weighted by atomic mass is 19.1. The van der Waals surface area contributed by atoms with Crippen LogP contribution in [0.4, 0.5) is 10.1 Å². The highest BCUT2D eigenvalue weighted by Gasteiger charge is 2.12. The van der Waals surface area contributed by atoms with Crippen LogP contribution in [0.15, 0.2) is 42.6 Å². The van der Waals surface area contributed by atoms with Crippen molar-refractivity contribution in [2.24, 2.45) is 0 Å². The summed E-state index contributed by atoms with van der Waals surface area (Å²) in [6.45, 7) is 0.167. The summed E-state index contributed by atoms with van der Waals surface area (Å²) in [4.78, 5) is 12.0. The van der Waals surface area contributed by atoms with Crippen LogP contribution in [0.1, 0.15) is 16.2 Å². The summed E-state index contributed by atoms with van der Waals surface area (Å²) in [5.41, 5.74) is 6.68. The average Bonchev–Trinajstić information content (AvgIpc) is 2.90. The van der Waals surface area contributed by atoms with Crippen molar-refractivity contribution in [3.63, 3.8) is 0 Å². The van der Waals surface area contributed by atoms with Crippen molar-refractivity contribution in [2.75, 3.05) is 5.73 Å². The van der Waals surface area contributed by atoms with Gasteiger partial charge in [0.25, 0.3) is 5.91 Å². The number of nitrogen functional groups attached to an aromatic ring is 1. The maximum absolute atomic E-state index is 13.2. The summed E-state index contributed by atoms with van der Waals surface area (Å²) in [6, 6.07) is 9.16. The number of nitrogens with two attached hydrogens (primary N) is 1. The van der Waals surface area contributed by atoms with Gasteiger partial charge in [0, 0.05) is 11.9 Å². The SMILES string of the molecule is Nc1ccc(F)cc1C(=O)NCc1nnc2ccccn12. The molecule has 0 unspecified atom stereocenters. The van der Waals surface area contributed by atoms with Gasteiger partial charge in [-0.15, -0.1) is 10.2 Å². The Morgan fingerprint density at radius 3 is 3.00 bits per heavy atom. The van der Waals surface area contributed by atoms with E-state index in [1.165, 1.54) is 12.1 Å². The topological polar surface area (TPSA) is 85.3 Å². The summed E-state index contributed by atoms with van der Waals surface area (Å²) in [6.07, 6.45) is 1.80. The second-order valence-electron chi connectivity index (χ2n) is 4.46. The molecule has 0 spiro atoms. The second-order valence-corrected chi connectivity index (χ2v) is 4.46. The van der Waals surface area contributed by atoms with E-state index >= 15 is 0 Å². The number of amides is 1. The second kappa shape index (κ2) is 5.20. The lowest BCUT2D eigenvalue weighted by Crippen LogP contribution is -2.25. The fourth-order valence-electron chi connectivity index (χ4n) is 1.99. The minimum atomic E-state index is -0.512. The van der Waals surface area contributed by atoms with Crippen molar-refractivity contribution in [3.05, 3.63) is 59.8 Å². The number of hydrogen-bond acceptors (Lipinski definition) is 4. The van der Waals surface area contributed by atoms with Crippen molar-refractivity contribution in [3.8, 4) is 0 Å². The number of nitrogens with zero attached hydrogens (tertiary/aromatic N) is 3. The van der Waals surface area contributed by atoms with Gasteiger partial charge in [0.2, 0.25) is 0 Å². The number of aromatic nitrogens is 3. The molecule has 3 aromatic rings. The van der Waals surface area contributed by atoms with Crippen LogP contribution in [-0.4, -0.2) is 20.5 Å². The Balaban J connectivity index is 1.78. The fourth-order valence-corrected chi connectivity index (χ4v) is 1.99. The van der Waals surface area contributed by atoms with Crippen LogP contribution in [0.25, 0.3) is 5.65 Å². The van der Waals surface area contributed by atoms with Gasteiger partial charge < -0.3 is 11.1 Å². The molecule has 1 amide bonds. The van der Waals surface area contributed by atoms with E-state index < -0.39 is 11.7 Å². The molecule has 0 radical (unpaired) electrons. The highest BCUT2D eigenvalue weighted by molar-refractivity contribution is 5.99. The number of anilines is 1. The Morgan fingerprint density at radius 1 is 1.29 bits per heavy atom. The molecule has 1 aromatic carbocycles. The molecule has 0 fully saturated rings. The molecule has 3 N–H and O–H groups in total. The first kappa shape index (κ1) is 13.0. The van der Waals surface area contributed by atoms with Crippen LogP contribution in [0.3, 0.4) is 0 Å². The number of hydrogen-bond donors (Lipinski definition) is 2. The predicted molar refractivity (Wildman–Crippen MR) is 75.0 cm³/mol. The van der Waals surface area contributed by atoms with Gasteiger partial charge >= 0.3 is 0 Å². The number of carbonyl (C=O) groups is 1.